The highest BCUT2D eigenvalue weighted by Gasteiger charge is 2.35. The lowest BCUT2D eigenvalue weighted by Crippen LogP contribution is -2.38. The molecule has 1 aliphatic rings. The number of nitrogens with zero attached hydrogens (tertiary/aromatic N) is 1. The van der Waals surface area contributed by atoms with Gasteiger partial charge in [-0.1, -0.05) is 35.5 Å². The van der Waals surface area contributed by atoms with E-state index < -0.39 is 17.8 Å². The minimum Gasteiger partial charge on any atom is -0.325 e. The molecule has 2 N–H and O–H groups in total. The molecule has 0 unspecified atom stereocenters. The van der Waals surface area contributed by atoms with Gasteiger partial charge in [0.05, 0.1) is 4.21 Å². The summed E-state index contributed by atoms with van der Waals surface area (Å²) in [6, 6.07) is 18.0. The number of nitrogens with one attached hydrogen (secondary N) is 2. The molecule has 0 spiro atoms. The lowest BCUT2D eigenvalue weighted by molar-refractivity contribution is -0.127. The van der Waals surface area contributed by atoms with Crippen LogP contribution in [0.15, 0.2) is 75.5 Å². The zero-order chi connectivity index (χ0) is 22.7. The van der Waals surface area contributed by atoms with Crippen LogP contribution in [-0.2, 0) is 9.59 Å². The summed E-state index contributed by atoms with van der Waals surface area (Å²) >= 11 is 8.99. The number of carbonyl (C=O) groups excluding carboxylic acids is 3. The van der Waals surface area contributed by atoms with Crippen LogP contribution >= 0.6 is 34.7 Å². The van der Waals surface area contributed by atoms with E-state index in [1.165, 1.54) is 11.3 Å². The zero-order valence-electron chi connectivity index (χ0n) is 16.9. The Morgan fingerprint density at radius 1 is 1.16 bits per heavy atom. The van der Waals surface area contributed by atoms with Gasteiger partial charge in [-0.3, -0.25) is 9.59 Å². The van der Waals surface area contributed by atoms with Gasteiger partial charge in [0, 0.05) is 20.5 Å². The van der Waals surface area contributed by atoms with E-state index in [0.29, 0.717) is 10.7 Å². The van der Waals surface area contributed by atoms with Crippen molar-refractivity contribution < 1.29 is 14.4 Å². The third kappa shape index (κ3) is 5.40. The first-order valence-electron chi connectivity index (χ1n) is 9.62. The molecule has 4 rings (SSSR count). The van der Waals surface area contributed by atoms with Gasteiger partial charge in [0.25, 0.3) is 5.91 Å². The lowest BCUT2D eigenvalue weighted by atomic mass is 10.2. The quantitative estimate of drug-likeness (QED) is 0.364. The number of urea groups is 1. The monoisotopic (exact) mass is 483 g/mol. The molecule has 162 valence electrons. The van der Waals surface area contributed by atoms with Gasteiger partial charge in [-0.15, -0.1) is 11.3 Å². The third-order valence-corrected chi connectivity index (χ3v) is 6.91. The van der Waals surface area contributed by atoms with Crippen molar-refractivity contribution in [1.82, 2.24) is 10.2 Å². The van der Waals surface area contributed by atoms with Crippen molar-refractivity contribution >= 4 is 64.3 Å². The summed E-state index contributed by atoms with van der Waals surface area (Å²) in [5.74, 6) is -0.979. The number of anilines is 1. The number of hydrogen-bond donors (Lipinski definition) is 2. The molecular weight excluding hydrogens is 466 g/mol. The van der Waals surface area contributed by atoms with Crippen molar-refractivity contribution in [2.24, 2.45) is 0 Å². The van der Waals surface area contributed by atoms with E-state index in [0.717, 1.165) is 24.4 Å². The van der Waals surface area contributed by atoms with Crippen LogP contribution in [0.5, 0.6) is 0 Å². The highest BCUT2D eigenvalue weighted by molar-refractivity contribution is 8.01. The predicted octanol–water partition coefficient (Wildman–Crippen LogP) is 5.39. The van der Waals surface area contributed by atoms with E-state index in [4.69, 9.17) is 11.6 Å². The molecule has 1 aliphatic heterocycles. The summed E-state index contributed by atoms with van der Waals surface area (Å²) < 4.78 is 1.03. The van der Waals surface area contributed by atoms with Crippen molar-refractivity contribution in [2.45, 2.75) is 16.0 Å². The highest BCUT2D eigenvalue weighted by Crippen LogP contribution is 2.34. The standard InChI is InChI=1S/C23H18ClN3O3S2/c1-14-3-2-4-16(11-14)25-20(28)13-27-22(29)19(26-23(27)30)12-18-9-10-21(32-18)31-17-7-5-15(24)6-8-17/h2-12H,13H2,1H3,(H,25,28)(H,26,30)/b19-12-. The van der Waals surface area contributed by atoms with Gasteiger partial charge < -0.3 is 10.6 Å². The Balaban J connectivity index is 1.40. The number of aryl methyl sites for hydroxylation is 1. The van der Waals surface area contributed by atoms with Gasteiger partial charge in [-0.2, -0.15) is 0 Å². The summed E-state index contributed by atoms with van der Waals surface area (Å²) in [5, 5.41) is 5.93. The van der Waals surface area contributed by atoms with Crippen molar-refractivity contribution in [3.63, 3.8) is 0 Å². The molecule has 2 heterocycles. The van der Waals surface area contributed by atoms with E-state index in [1.807, 2.05) is 61.5 Å². The maximum Gasteiger partial charge on any atom is 0.329 e. The van der Waals surface area contributed by atoms with Gasteiger partial charge in [0.15, 0.2) is 0 Å². The van der Waals surface area contributed by atoms with Crippen LogP contribution in [0.4, 0.5) is 10.5 Å². The molecule has 0 saturated carbocycles. The fourth-order valence-electron chi connectivity index (χ4n) is 3.01. The molecule has 0 radical (unpaired) electrons. The van der Waals surface area contributed by atoms with Crippen molar-refractivity contribution in [3.05, 3.63) is 81.8 Å². The number of carbonyl (C=O) groups is 3. The second-order valence-corrected chi connectivity index (χ2v) is 9.94. The minimum absolute atomic E-state index is 0.142. The van der Waals surface area contributed by atoms with Crippen LogP contribution in [0.25, 0.3) is 6.08 Å². The second kappa shape index (κ2) is 9.60. The fourth-order valence-corrected chi connectivity index (χ4v) is 5.20. The number of hydrogen-bond acceptors (Lipinski definition) is 5. The molecule has 32 heavy (non-hydrogen) atoms. The number of amides is 4. The van der Waals surface area contributed by atoms with E-state index >= 15 is 0 Å². The average molecular weight is 484 g/mol. The zero-order valence-corrected chi connectivity index (χ0v) is 19.3. The molecule has 0 atom stereocenters. The molecular formula is C23H18ClN3O3S2. The smallest absolute Gasteiger partial charge is 0.325 e. The van der Waals surface area contributed by atoms with E-state index in [2.05, 4.69) is 10.6 Å². The second-order valence-electron chi connectivity index (χ2n) is 7.01. The number of imide groups is 1. The van der Waals surface area contributed by atoms with Crippen LogP contribution in [0, 0.1) is 6.92 Å². The summed E-state index contributed by atoms with van der Waals surface area (Å²) in [7, 11) is 0. The third-order valence-electron chi connectivity index (χ3n) is 4.49. The first-order chi connectivity index (χ1) is 15.4. The van der Waals surface area contributed by atoms with E-state index in [9.17, 15) is 14.4 Å². The van der Waals surface area contributed by atoms with Crippen LogP contribution in [0.1, 0.15) is 10.4 Å². The number of halogens is 1. The van der Waals surface area contributed by atoms with E-state index in [1.54, 1.807) is 23.9 Å². The number of thiophene rings is 1. The SMILES string of the molecule is Cc1cccc(NC(=O)CN2C(=O)N/C(=C\c3ccc(Sc4ccc(Cl)cc4)s3)C2=O)c1. The molecule has 0 bridgehead atoms. The molecule has 1 fully saturated rings. The maximum atomic E-state index is 12.7. The molecule has 0 aliphatic carbocycles. The largest absolute Gasteiger partial charge is 0.329 e. The van der Waals surface area contributed by atoms with Crippen LogP contribution in [0.2, 0.25) is 5.02 Å². The molecule has 1 aromatic heterocycles. The van der Waals surface area contributed by atoms with Gasteiger partial charge in [-0.05, 0) is 67.1 Å². The van der Waals surface area contributed by atoms with Gasteiger partial charge in [0.1, 0.15) is 12.2 Å². The summed E-state index contributed by atoms with van der Waals surface area (Å²) in [6.07, 6.45) is 1.62. The Labute approximate surface area is 198 Å². The first kappa shape index (κ1) is 22.1. The van der Waals surface area contributed by atoms with E-state index in [-0.39, 0.29) is 12.2 Å². The summed E-state index contributed by atoms with van der Waals surface area (Å²) in [4.78, 5) is 40.0. The fraction of sp³-hybridized carbons (Fsp3) is 0.0870. The number of rotatable bonds is 6. The highest BCUT2D eigenvalue weighted by atomic mass is 35.5. The minimum atomic E-state index is -0.618. The number of benzene rings is 2. The average Bonchev–Trinajstić information content (AvgIpc) is 3.29. The Morgan fingerprint density at radius 2 is 1.94 bits per heavy atom. The molecule has 3 aromatic rings. The van der Waals surface area contributed by atoms with Crippen LogP contribution < -0.4 is 10.6 Å². The summed E-state index contributed by atoms with van der Waals surface area (Å²) in [5.41, 5.74) is 1.75. The lowest BCUT2D eigenvalue weighted by Gasteiger charge is -2.12. The summed E-state index contributed by atoms with van der Waals surface area (Å²) in [6.45, 7) is 1.55. The van der Waals surface area contributed by atoms with Gasteiger partial charge in [-0.25, -0.2) is 9.69 Å². The Kier molecular flexibility index (Phi) is 6.64. The van der Waals surface area contributed by atoms with Crippen molar-refractivity contribution in [2.75, 3.05) is 11.9 Å². The van der Waals surface area contributed by atoms with Gasteiger partial charge >= 0.3 is 6.03 Å². The van der Waals surface area contributed by atoms with Crippen molar-refractivity contribution in [1.29, 1.82) is 0 Å². The topological polar surface area (TPSA) is 78.5 Å². The molecule has 6 nitrogen and oxygen atoms in total. The predicted molar refractivity (Wildman–Crippen MR) is 128 cm³/mol. The molecule has 9 heteroatoms. The molecule has 2 aromatic carbocycles. The van der Waals surface area contributed by atoms with Crippen LogP contribution in [0.3, 0.4) is 0 Å². The Bertz CT molecular complexity index is 1220. The Morgan fingerprint density at radius 3 is 2.69 bits per heavy atom. The van der Waals surface area contributed by atoms with Crippen LogP contribution in [-0.4, -0.2) is 29.3 Å². The molecule has 1 saturated heterocycles. The first-order valence-corrected chi connectivity index (χ1v) is 11.6. The Hall–Kier alpha value is -3.07. The normalized spacial score (nSPS) is 14.7. The van der Waals surface area contributed by atoms with Gasteiger partial charge in [0.2, 0.25) is 5.91 Å². The molecule has 4 amide bonds. The van der Waals surface area contributed by atoms with Crippen molar-refractivity contribution in [3.8, 4) is 0 Å². The maximum absolute atomic E-state index is 12.7.